The topological polar surface area (TPSA) is 88.4 Å². The number of hydrogen-bond donors (Lipinski definition) is 0. The fourth-order valence-electron chi connectivity index (χ4n) is 1.27. The third-order valence-electron chi connectivity index (χ3n) is 2.75. The monoisotopic (exact) mass is 349 g/mol. The molecule has 1 amide bonds. The molecule has 0 saturated carbocycles. The van der Waals surface area contributed by atoms with Gasteiger partial charge in [0.1, 0.15) is 0 Å². The Hall–Kier alpha value is -1.13. The van der Waals surface area contributed by atoms with Gasteiger partial charge in [-0.2, -0.15) is 8.99 Å². The lowest BCUT2D eigenvalue weighted by Crippen LogP contribution is -2.30. The number of nitrogens with zero attached hydrogens (tertiary/aromatic N) is 5. The van der Waals surface area contributed by atoms with Gasteiger partial charge in [-0.05, 0) is 0 Å². The molecule has 0 bridgehead atoms. The van der Waals surface area contributed by atoms with Gasteiger partial charge >= 0.3 is 6.03 Å². The third kappa shape index (κ3) is 4.68. The molecule has 8 nitrogen and oxygen atoms in total. The molecule has 0 aliphatic carbocycles. The van der Waals surface area contributed by atoms with E-state index in [1.165, 1.54) is 20.9 Å². The Balaban J connectivity index is 3.11. The predicted octanol–water partition coefficient (Wildman–Crippen LogP) is 1.05. The Kier molecular flexibility index (Phi) is 5.63. The highest BCUT2D eigenvalue weighted by Gasteiger charge is 2.26. The number of carbonyl (C=O) groups excluding carboxylic acids is 1. The zero-order chi connectivity index (χ0) is 17.3. The van der Waals surface area contributed by atoms with Crippen LogP contribution in [-0.2, 0) is 15.4 Å². The molecule has 22 heavy (non-hydrogen) atoms. The van der Waals surface area contributed by atoms with Gasteiger partial charge in [-0.15, -0.1) is 5.10 Å². The number of aromatic nitrogens is 3. The van der Waals surface area contributed by atoms with Crippen LogP contribution in [0.1, 0.15) is 26.6 Å². The quantitative estimate of drug-likeness (QED) is 0.596. The summed E-state index contributed by atoms with van der Waals surface area (Å²) in [6.45, 7) is 5.84. The minimum absolute atomic E-state index is 0.155. The van der Waals surface area contributed by atoms with Crippen molar-refractivity contribution in [2.75, 3.05) is 33.3 Å². The molecule has 0 radical (unpaired) electrons. The molecule has 1 aromatic rings. The van der Waals surface area contributed by atoms with Crippen LogP contribution in [0.4, 0.5) is 4.79 Å². The van der Waals surface area contributed by atoms with E-state index in [0.29, 0.717) is 11.0 Å². The summed E-state index contributed by atoms with van der Waals surface area (Å²) >= 11 is 1.15. The molecular weight excluding hydrogens is 326 g/mol. The zero-order valence-electron chi connectivity index (χ0n) is 14.0. The van der Waals surface area contributed by atoms with E-state index < -0.39 is 10.0 Å². The van der Waals surface area contributed by atoms with Gasteiger partial charge in [-0.25, -0.2) is 18.2 Å². The molecule has 10 heteroatoms. The summed E-state index contributed by atoms with van der Waals surface area (Å²) in [6, 6.07) is -0.326. The average Bonchev–Trinajstić information content (AvgIpc) is 2.77. The van der Waals surface area contributed by atoms with E-state index in [2.05, 4.69) is 10.1 Å². The highest BCUT2D eigenvalue weighted by Crippen LogP contribution is 2.24. The molecule has 0 atom stereocenters. The Labute approximate surface area is 135 Å². The van der Waals surface area contributed by atoms with Crippen molar-refractivity contribution in [3.8, 4) is 0 Å². The first-order chi connectivity index (χ1) is 9.84. The average molecular weight is 349 g/mol. The lowest BCUT2D eigenvalue weighted by Gasteiger charge is -2.14. The number of rotatable bonds is 4. The van der Waals surface area contributed by atoms with Gasteiger partial charge < -0.3 is 4.90 Å². The molecule has 0 aromatic carbocycles. The Morgan fingerprint density at radius 3 is 2.23 bits per heavy atom. The first kappa shape index (κ1) is 18.9. The number of amides is 1. The van der Waals surface area contributed by atoms with Crippen molar-refractivity contribution in [2.24, 2.45) is 0 Å². The third-order valence-corrected chi connectivity index (χ3v) is 5.22. The van der Waals surface area contributed by atoms with Crippen molar-refractivity contribution in [3.63, 3.8) is 0 Å². The van der Waals surface area contributed by atoms with Crippen molar-refractivity contribution in [1.82, 2.24) is 24.0 Å². The summed E-state index contributed by atoms with van der Waals surface area (Å²) in [6.07, 6.45) is 1.13. The van der Waals surface area contributed by atoms with Gasteiger partial charge in [-0.1, -0.05) is 32.5 Å². The summed E-state index contributed by atoms with van der Waals surface area (Å²) in [4.78, 5) is 18.0. The second kappa shape index (κ2) is 6.55. The molecule has 126 valence electrons. The molecule has 1 rings (SSSR count). The van der Waals surface area contributed by atoms with Crippen LogP contribution >= 0.6 is 11.8 Å². The fraction of sp³-hybridized carbons (Fsp3) is 0.750. The van der Waals surface area contributed by atoms with E-state index in [1.54, 1.807) is 14.1 Å². The number of carbonyl (C=O) groups is 1. The summed E-state index contributed by atoms with van der Waals surface area (Å²) in [5, 5.41) is 4.64. The van der Waals surface area contributed by atoms with Crippen molar-refractivity contribution in [3.05, 3.63) is 5.82 Å². The van der Waals surface area contributed by atoms with E-state index >= 15 is 0 Å². The number of hydrogen-bond acceptors (Lipinski definition) is 6. The van der Waals surface area contributed by atoms with Gasteiger partial charge in [0.15, 0.2) is 11.0 Å². The minimum Gasteiger partial charge on any atom is -0.329 e. The van der Waals surface area contributed by atoms with Gasteiger partial charge in [0.25, 0.3) is 0 Å². The Bertz CT molecular complexity index is 646. The number of sulfonamides is 1. The van der Waals surface area contributed by atoms with E-state index in [9.17, 15) is 13.2 Å². The van der Waals surface area contributed by atoms with E-state index in [0.717, 1.165) is 18.0 Å². The lowest BCUT2D eigenvalue weighted by molar-refractivity contribution is 0.213. The summed E-state index contributed by atoms with van der Waals surface area (Å²) in [5.41, 5.74) is -0.310. The van der Waals surface area contributed by atoms with E-state index in [4.69, 9.17) is 0 Å². The van der Waals surface area contributed by atoms with Crippen molar-refractivity contribution in [1.29, 1.82) is 0 Å². The van der Waals surface area contributed by atoms with Gasteiger partial charge in [0.2, 0.25) is 10.0 Å². The summed E-state index contributed by atoms with van der Waals surface area (Å²) in [7, 11) is 1.44. The second-order valence-corrected chi connectivity index (χ2v) is 9.19. The SMILES string of the molecule is CN(C)C(=O)n1nc(C(C)(C)C)nc1SCN(C)S(C)(=O)=O. The number of thioether (sulfide) groups is 1. The van der Waals surface area contributed by atoms with E-state index in [1.807, 2.05) is 20.8 Å². The van der Waals surface area contributed by atoms with Crippen LogP contribution in [0.3, 0.4) is 0 Å². The van der Waals surface area contributed by atoms with Crippen LogP contribution in [0.15, 0.2) is 5.16 Å². The Morgan fingerprint density at radius 2 is 1.82 bits per heavy atom. The minimum atomic E-state index is -3.28. The van der Waals surface area contributed by atoms with Crippen LogP contribution in [0, 0.1) is 0 Å². The van der Waals surface area contributed by atoms with Crippen molar-refractivity contribution >= 4 is 27.8 Å². The molecule has 0 fully saturated rings. The summed E-state index contributed by atoms with van der Waals surface area (Å²) in [5.74, 6) is 0.689. The molecule has 0 saturated heterocycles. The Morgan fingerprint density at radius 1 is 1.27 bits per heavy atom. The van der Waals surface area contributed by atoms with Gasteiger partial charge in [0, 0.05) is 26.6 Å². The highest BCUT2D eigenvalue weighted by molar-refractivity contribution is 8.00. The van der Waals surface area contributed by atoms with Crippen LogP contribution in [0.5, 0.6) is 0 Å². The normalized spacial score (nSPS) is 12.7. The maximum Gasteiger partial charge on any atom is 0.346 e. The fourth-order valence-corrected chi connectivity index (χ4v) is 2.88. The van der Waals surface area contributed by atoms with Crippen LogP contribution < -0.4 is 0 Å². The van der Waals surface area contributed by atoms with Gasteiger partial charge in [0.05, 0.1) is 12.1 Å². The van der Waals surface area contributed by atoms with Gasteiger partial charge in [-0.3, -0.25) is 0 Å². The second-order valence-electron chi connectivity index (χ2n) is 6.19. The van der Waals surface area contributed by atoms with Crippen LogP contribution in [-0.4, -0.2) is 71.7 Å². The smallest absolute Gasteiger partial charge is 0.329 e. The largest absolute Gasteiger partial charge is 0.346 e. The first-order valence-corrected chi connectivity index (χ1v) is 9.40. The maximum absolute atomic E-state index is 12.2. The predicted molar refractivity (Wildman–Crippen MR) is 86.5 cm³/mol. The van der Waals surface area contributed by atoms with E-state index in [-0.39, 0.29) is 17.3 Å². The molecule has 1 aromatic heterocycles. The van der Waals surface area contributed by atoms with Crippen LogP contribution in [0.25, 0.3) is 0 Å². The van der Waals surface area contributed by atoms with Crippen molar-refractivity contribution < 1.29 is 13.2 Å². The molecular formula is C12H23N5O3S2. The lowest BCUT2D eigenvalue weighted by atomic mass is 9.96. The molecule has 0 spiro atoms. The molecule has 1 heterocycles. The zero-order valence-corrected chi connectivity index (χ0v) is 15.6. The maximum atomic E-state index is 12.2. The molecule has 0 unspecified atom stereocenters. The molecule has 0 aliphatic heterocycles. The standard InChI is InChI=1S/C12H23N5O3S2/c1-12(2,3)9-13-10(17(14-9)11(18)15(4)5)21-8-16(6)22(7,19)20/h8H2,1-7H3. The first-order valence-electron chi connectivity index (χ1n) is 6.57. The van der Waals surface area contributed by atoms with Crippen LogP contribution in [0.2, 0.25) is 0 Å². The molecule has 0 N–H and O–H groups in total. The summed E-state index contributed by atoms with van der Waals surface area (Å²) < 4.78 is 25.3. The molecule has 0 aliphatic rings. The van der Waals surface area contributed by atoms with Crippen molar-refractivity contribution in [2.45, 2.75) is 31.3 Å². The highest BCUT2D eigenvalue weighted by atomic mass is 32.2.